The summed E-state index contributed by atoms with van der Waals surface area (Å²) in [6.45, 7) is 5.28. The Labute approximate surface area is 104 Å². The van der Waals surface area contributed by atoms with E-state index in [9.17, 15) is 0 Å². The van der Waals surface area contributed by atoms with Crippen LogP contribution in [-0.4, -0.2) is 23.5 Å². The van der Waals surface area contributed by atoms with E-state index in [4.69, 9.17) is 0 Å². The second kappa shape index (κ2) is 6.38. The summed E-state index contributed by atoms with van der Waals surface area (Å²) in [6.07, 6.45) is 3.97. The molecule has 84 valence electrons. The van der Waals surface area contributed by atoms with Crippen LogP contribution >= 0.6 is 27.7 Å². The number of hydrogen-bond donors (Lipinski definition) is 1. The third kappa shape index (κ3) is 4.03. The number of nitrogens with one attached hydrogen (secondary N) is 1. The van der Waals surface area contributed by atoms with Crippen LogP contribution < -0.4 is 5.32 Å². The van der Waals surface area contributed by atoms with Gasteiger partial charge in [0.15, 0.2) is 0 Å². The van der Waals surface area contributed by atoms with E-state index >= 15 is 0 Å². The van der Waals surface area contributed by atoms with Gasteiger partial charge in [0.25, 0.3) is 0 Å². The van der Waals surface area contributed by atoms with Crippen molar-refractivity contribution in [3.8, 4) is 0 Å². The minimum absolute atomic E-state index is 0.661. The van der Waals surface area contributed by atoms with Gasteiger partial charge in [0, 0.05) is 12.7 Å². The van der Waals surface area contributed by atoms with E-state index in [0.29, 0.717) is 5.92 Å². The van der Waals surface area contributed by atoms with Crippen molar-refractivity contribution in [3.63, 3.8) is 0 Å². The van der Waals surface area contributed by atoms with E-state index in [1.807, 2.05) is 24.0 Å². The molecule has 0 bridgehead atoms. The van der Waals surface area contributed by atoms with Crippen molar-refractivity contribution in [2.75, 3.05) is 23.9 Å². The SMILES string of the molecule is CSCC(C)CNc1nccc(C)c1Br. The third-order valence-corrected chi connectivity index (χ3v) is 4.05. The molecule has 0 spiro atoms. The van der Waals surface area contributed by atoms with Gasteiger partial charge in [-0.05, 0) is 52.4 Å². The molecule has 0 amide bonds. The van der Waals surface area contributed by atoms with Crippen molar-refractivity contribution in [3.05, 3.63) is 22.3 Å². The van der Waals surface area contributed by atoms with Crippen molar-refractivity contribution < 1.29 is 0 Å². The Hall–Kier alpha value is -0.220. The first kappa shape index (κ1) is 12.8. The van der Waals surface area contributed by atoms with Crippen LogP contribution in [0.15, 0.2) is 16.7 Å². The maximum atomic E-state index is 4.31. The fraction of sp³-hybridized carbons (Fsp3) is 0.545. The van der Waals surface area contributed by atoms with Crippen molar-refractivity contribution in [1.82, 2.24) is 4.98 Å². The molecule has 0 aliphatic carbocycles. The molecule has 0 fully saturated rings. The van der Waals surface area contributed by atoms with Gasteiger partial charge >= 0.3 is 0 Å². The number of aromatic nitrogens is 1. The fourth-order valence-electron chi connectivity index (χ4n) is 1.28. The average Bonchev–Trinajstić information content (AvgIpc) is 2.21. The Morgan fingerprint density at radius 1 is 1.60 bits per heavy atom. The molecule has 0 saturated heterocycles. The lowest BCUT2D eigenvalue weighted by Crippen LogP contribution is -2.14. The predicted molar refractivity (Wildman–Crippen MR) is 72.7 cm³/mol. The monoisotopic (exact) mass is 288 g/mol. The lowest BCUT2D eigenvalue weighted by Gasteiger charge is -2.13. The molecular formula is C11H17BrN2S. The van der Waals surface area contributed by atoms with Gasteiger partial charge in [0.1, 0.15) is 5.82 Å². The van der Waals surface area contributed by atoms with Crippen LogP contribution in [0.4, 0.5) is 5.82 Å². The summed E-state index contributed by atoms with van der Waals surface area (Å²) < 4.78 is 1.07. The molecule has 0 aliphatic heterocycles. The van der Waals surface area contributed by atoms with Gasteiger partial charge in [-0.25, -0.2) is 4.98 Å². The highest BCUT2D eigenvalue weighted by Crippen LogP contribution is 2.23. The van der Waals surface area contributed by atoms with Gasteiger partial charge < -0.3 is 5.32 Å². The normalized spacial score (nSPS) is 12.5. The van der Waals surface area contributed by atoms with Crippen LogP contribution in [0.2, 0.25) is 0 Å². The fourth-order valence-corrected chi connectivity index (χ4v) is 2.34. The van der Waals surface area contributed by atoms with E-state index < -0.39 is 0 Å². The molecule has 1 aromatic heterocycles. The number of rotatable bonds is 5. The highest BCUT2D eigenvalue weighted by atomic mass is 79.9. The molecule has 0 aliphatic rings. The highest BCUT2D eigenvalue weighted by molar-refractivity contribution is 9.10. The lowest BCUT2D eigenvalue weighted by molar-refractivity contribution is 0.699. The van der Waals surface area contributed by atoms with Crippen LogP contribution in [0.5, 0.6) is 0 Å². The molecule has 1 unspecified atom stereocenters. The zero-order valence-electron chi connectivity index (χ0n) is 9.38. The molecule has 15 heavy (non-hydrogen) atoms. The summed E-state index contributed by atoms with van der Waals surface area (Å²) in [5.74, 6) is 2.79. The zero-order chi connectivity index (χ0) is 11.3. The molecular weight excluding hydrogens is 272 g/mol. The minimum Gasteiger partial charge on any atom is -0.369 e. The van der Waals surface area contributed by atoms with Gasteiger partial charge in [-0.1, -0.05) is 6.92 Å². The van der Waals surface area contributed by atoms with Crippen LogP contribution in [-0.2, 0) is 0 Å². The molecule has 4 heteroatoms. The Balaban J connectivity index is 2.54. The summed E-state index contributed by atoms with van der Waals surface area (Å²) in [7, 11) is 0. The first-order valence-electron chi connectivity index (χ1n) is 4.99. The maximum absolute atomic E-state index is 4.31. The van der Waals surface area contributed by atoms with E-state index in [1.54, 1.807) is 0 Å². The number of hydrogen-bond acceptors (Lipinski definition) is 3. The zero-order valence-corrected chi connectivity index (χ0v) is 11.8. The van der Waals surface area contributed by atoms with Crippen molar-refractivity contribution in [2.24, 2.45) is 5.92 Å². The Morgan fingerprint density at radius 2 is 2.33 bits per heavy atom. The minimum atomic E-state index is 0.661. The topological polar surface area (TPSA) is 24.9 Å². The molecule has 1 atom stereocenters. The number of halogens is 1. The van der Waals surface area contributed by atoms with E-state index in [-0.39, 0.29) is 0 Å². The lowest BCUT2D eigenvalue weighted by atomic mass is 10.2. The molecule has 0 saturated carbocycles. The number of nitrogens with zero attached hydrogens (tertiary/aromatic N) is 1. The average molecular weight is 289 g/mol. The van der Waals surface area contributed by atoms with Gasteiger partial charge in [-0.2, -0.15) is 11.8 Å². The quantitative estimate of drug-likeness (QED) is 0.897. The van der Waals surface area contributed by atoms with Crippen LogP contribution in [0, 0.1) is 12.8 Å². The maximum Gasteiger partial charge on any atom is 0.140 e. The van der Waals surface area contributed by atoms with Crippen LogP contribution in [0.1, 0.15) is 12.5 Å². The van der Waals surface area contributed by atoms with Crippen molar-refractivity contribution in [2.45, 2.75) is 13.8 Å². The molecule has 2 nitrogen and oxygen atoms in total. The predicted octanol–water partition coefficient (Wildman–Crippen LogP) is 3.56. The van der Waals surface area contributed by atoms with E-state index in [1.165, 1.54) is 11.3 Å². The van der Waals surface area contributed by atoms with Crippen LogP contribution in [0.25, 0.3) is 0 Å². The summed E-state index contributed by atoms with van der Waals surface area (Å²) in [6, 6.07) is 2.00. The number of aryl methyl sites for hydroxylation is 1. The Kier molecular flexibility index (Phi) is 5.47. The second-order valence-corrected chi connectivity index (χ2v) is 5.44. The molecule has 0 aromatic carbocycles. The van der Waals surface area contributed by atoms with Gasteiger partial charge in [-0.15, -0.1) is 0 Å². The number of pyridine rings is 1. The Bertz CT molecular complexity index is 317. The van der Waals surface area contributed by atoms with Crippen molar-refractivity contribution in [1.29, 1.82) is 0 Å². The summed E-state index contributed by atoms with van der Waals surface area (Å²) in [5.41, 5.74) is 1.21. The second-order valence-electron chi connectivity index (χ2n) is 3.73. The van der Waals surface area contributed by atoms with Crippen LogP contribution in [0.3, 0.4) is 0 Å². The number of anilines is 1. The molecule has 1 N–H and O–H groups in total. The summed E-state index contributed by atoms with van der Waals surface area (Å²) >= 11 is 5.42. The smallest absolute Gasteiger partial charge is 0.140 e. The van der Waals surface area contributed by atoms with Gasteiger partial charge in [-0.3, -0.25) is 0 Å². The highest BCUT2D eigenvalue weighted by Gasteiger charge is 2.05. The Morgan fingerprint density at radius 3 is 3.00 bits per heavy atom. The largest absolute Gasteiger partial charge is 0.369 e. The van der Waals surface area contributed by atoms with E-state index in [0.717, 1.165) is 16.8 Å². The molecule has 1 aromatic rings. The summed E-state index contributed by atoms with van der Waals surface area (Å²) in [4.78, 5) is 4.31. The molecule has 1 heterocycles. The first-order valence-corrected chi connectivity index (χ1v) is 7.17. The molecule has 0 radical (unpaired) electrons. The third-order valence-electron chi connectivity index (χ3n) is 2.15. The van der Waals surface area contributed by atoms with Gasteiger partial charge in [0.05, 0.1) is 4.47 Å². The standard InChI is InChI=1S/C11H17BrN2S/c1-8(7-15-3)6-14-11-10(12)9(2)4-5-13-11/h4-5,8H,6-7H2,1-3H3,(H,13,14). The first-order chi connectivity index (χ1) is 7.15. The summed E-state index contributed by atoms with van der Waals surface area (Å²) in [5, 5.41) is 3.37. The number of thioether (sulfide) groups is 1. The molecule has 1 rings (SSSR count). The van der Waals surface area contributed by atoms with Gasteiger partial charge in [0.2, 0.25) is 0 Å². The van der Waals surface area contributed by atoms with E-state index in [2.05, 4.69) is 46.3 Å². The van der Waals surface area contributed by atoms with Crippen molar-refractivity contribution >= 4 is 33.5 Å².